The molecule has 0 aliphatic heterocycles. The quantitative estimate of drug-likeness (QED) is 0.668. The molecule has 2 aromatic rings. The van der Waals surface area contributed by atoms with E-state index in [2.05, 4.69) is 9.97 Å². The lowest BCUT2D eigenvalue weighted by Crippen LogP contribution is -1.99. The van der Waals surface area contributed by atoms with Crippen molar-refractivity contribution in [2.75, 3.05) is 0 Å². The second kappa shape index (κ2) is 5.97. The van der Waals surface area contributed by atoms with Gasteiger partial charge >= 0.3 is 5.97 Å². The van der Waals surface area contributed by atoms with E-state index in [1.165, 1.54) is 35.4 Å². The van der Waals surface area contributed by atoms with Crippen molar-refractivity contribution in [2.24, 2.45) is 0 Å². The van der Waals surface area contributed by atoms with Gasteiger partial charge in [0.25, 0.3) is 5.69 Å². The van der Waals surface area contributed by atoms with E-state index in [1.54, 1.807) is 12.3 Å². The zero-order valence-corrected chi connectivity index (χ0v) is 11.9. The maximum absolute atomic E-state index is 10.6. The first-order valence-corrected chi connectivity index (χ1v) is 7.10. The molecule has 2 aromatic heterocycles. The number of aromatic nitrogens is 2. The highest BCUT2D eigenvalue weighted by Gasteiger charge is 2.13. The molecule has 0 unspecified atom stereocenters. The standard InChI is InChI=1S/C11H9N3O4S2/c1-6-2-8(14(17)18)4-12-10(6)20-11-13-7(5-19-11)3-9(15)16/h2,4-5H,3H2,1H3,(H,15,16). The summed E-state index contributed by atoms with van der Waals surface area (Å²) in [6.07, 6.45) is 1.07. The van der Waals surface area contributed by atoms with Crippen LogP contribution < -0.4 is 0 Å². The molecule has 2 rings (SSSR count). The average molecular weight is 311 g/mol. The first kappa shape index (κ1) is 14.4. The average Bonchev–Trinajstić information content (AvgIpc) is 2.78. The summed E-state index contributed by atoms with van der Waals surface area (Å²) in [5, 5.41) is 21.6. The Labute approximate surface area is 121 Å². The normalized spacial score (nSPS) is 10.4. The van der Waals surface area contributed by atoms with Gasteiger partial charge in [0.2, 0.25) is 0 Å². The Hall–Kier alpha value is -2.00. The third kappa shape index (κ3) is 3.52. The molecule has 0 saturated carbocycles. The number of hydrogen-bond donors (Lipinski definition) is 1. The topological polar surface area (TPSA) is 106 Å². The fourth-order valence-electron chi connectivity index (χ4n) is 1.41. The number of aliphatic carboxylic acids is 1. The number of nitro groups is 1. The predicted molar refractivity (Wildman–Crippen MR) is 73.2 cm³/mol. The summed E-state index contributed by atoms with van der Waals surface area (Å²) in [5.74, 6) is -0.934. The lowest BCUT2D eigenvalue weighted by molar-refractivity contribution is -0.385. The SMILES string of the molecule is Cc1cc([N+](=O)[O-])cnc1Sc1nc(CC(=O)O)cs1. The molecule has 0 radical (unpaired) electrons. The number of carboxylic acid groups (broad SMARTS) is 1. The summed E-state index contributed by atoms with van der Waals surface area (Å²) in [7, 11) is 0. The van der Waals surface area contributed by atoms with Crippen LogP contribution in [0.15, 0.2) is 27.0 Å². The van der Waals surface area contributed by atoms with E-state index in [0.717, 1.165) is 0 Å². The number of thiazole rings is 1. The van der Waals surface area contributed by atoms with E-state index in [1.807, 2.05) is 0 Å². The Balaban J connectivity index is 2.15. The first-order chi connectivity index (χ1) is 9.45. The smallest absolute Gasteiger partial charge is 0.309 e. The lowest BCUT2D eigenvalue weighted by Gasteiger charge is -2.01. The zero-order valence-electron chi connectivity index (χ0n) is 10.3. The molecule has 9 heteroatoms. The zero-order chi connectivity index (χ0) is 14.7. The second-order valence-electron chi connectivity index (χ2n) is 3.85. The largest absolute Gasteiger partial charge is 0.481 e. The molecular formula is C11H9N3O4S2. The fourth-order valence-corrected chi connectivity index (χ4v) is 3.18. The molecule has 0 fully saturated rings. The molecule has 2 heterocycles. The summed E-state index contributed by atoms with van der Waals surface area (Å²) >= 11 is 2.58. The highest BCUT2D eigenvalue weighted by atomic mass is 32.2. The number of carboxylic acids is 1. The minimum atomic E-state index is -0.934. The molecule has 0 saturated heterocycles. The number of hydrogen-bond acceptors (Lipinski definition) is 7. The van der Waals surface area contributed by atoms with Crippen LogP contribution in [0.1, 0.15) is 11.3 Å². The van der Waals surface area contributed by atoms with Crippen LogP contribution in [0.5, 0.6) is 0 Å². The summed E-state index contributed by atoms with van der Waals surface area (Å²) < 4.78 is 0.658. The molecule has 0 spiro atoms. The molecule has 0 atom stereocenters. The minimum Gasteiger partial charge on any atom is -0.481 e. The van der Waals surface area contributed by atoms with E-state index in [9.17, 15) is 14.9 Å². The Kier molecular flexibility index (Phi) is 4.30. The third-order valence-electron chi connectivity index (χ3n) is 2.27. The molecule has 7 nitrogen and oxygen atoms in total. The first-order valence-electron chi connectivity index (χ1n) is 5.41. The molecule has 104 valence electrons. The van der Waals surface area contributed by atoms with Crippen LogP contribution in [0, 0.1) is 17.0 Å². The van der Waals surface area contributed by atoms with Gasteiger partial charge in [0.15, 0.2) is 4.34 Å². The van der Waals surface area contributed by atoms with Crippen LogP contribution >= 0.6 is 23.1 Å². The van der Waals surface area contributed by atoms with Crippen LogP contribution in [-0.2, 0) is 11.2 Å². The Morgan fingerprint density at radius 3 is 2.95 bits per heavy atom. The van der Waals surface area contributed by atoms with Crippen LogP contribution in [0.3, 0.4) is 0 Å². The molecule has 0 amide bonds. The Bertz CT molecular complexity index is 671. The lowest BCUT2D eigenvalue weighted by atomic mass is 10.3. The molecular weight excluding hydrogens is 302 g/mol. The van der Waals surface area contributed by atoms with Crippen molar-refractivity contribution in [3.05, 3.63) is 39.0 Å². The monoisotopic (exact) mass is 311 g/mol. The van der Waals surface area contributed by atoms with Crippen molar-refractivity contribution in [3.63, 3.8) is 0 Å². The highest BCUT2D eigenvalue weighted by molar-refractivity contribution is 8.01. The number of nitrogens with zero attached hydrogens (tertiary/aromatic N) is 3. The Morgan fingerprint density at radius 1 is 1.60 bits per heavy atom. The maximum Gasteiger partial charge on any atom is 0.309 e. The van der Waals surface area contributed by atoms with E-state index >= 15 is 0 Å². The van der Waals surface area contributed by atoms with Gasteiger partial charge < -0.3 is 5.11 Å². The number of carbonyl (C=O) groups is 1. The van der Waals surface area contributed by atoms with Crippen molar-refractivity contribution in [3.8, 4) is 0 Å². The van der Waals surface area contributed by atoms with Crippen molar-refractivity contribution in [2.45, 2.75) is 22.7 Å². The van der Waals surface area contributed by atoms with Crippen molar-refractivity contribution < 1.29 is 14.8 Å². The van der Waals surface area contributed by atoms with Crippen molar-refractivity contribution in [1.82, 2.24) is 9.97 Å². The van der Waals surface area contributed by atoms with Gasteiger partial charge in [-0.25, -0.2) is 9.97 Å². The summed E-state index contributed by atoms with van der Waals surface area (Å²) in [6, 6.07) is 1.45. The van der Waals surface area contributed by atoms with Crippen LogP contribution in [0.4, 0.5) is 5.69 Å². The molecule has 1 N–H and O–H groups in total. The van der Waals surface area contributed by atoms with Gasteiger partial charge in [0.1, 0.15) is 11.2 Å². The van der Waals surface area contributed by atoms with E-state index < -0.39 is 10.9 Å². The van der Waals surface area contributed by atoms with E-state index in [0.29, 0.717) is 20.6 Å². The van der Waals surface area contributed by atoms with Gasteiger partial charge in [0.05, 0.1) is 17.0 Å². The maximum atomic E-state index is 10.6. The van der Waals surface area contributed by atoms with Crippen molar-refractivity contribution in [1.29, 1.82) is 0 Å². The third-order valence-corrected chi connectivity index (χ3v) is 4.38. The van der Waals surface area contributed by atoms with E-state index in [4.69, 9.17) is 5.11 Å². The molecule has 0 aliphatic rings. The van der Waals surface area contributed by atoms with Gasteiger partial charge in [0, 0.05) is 11.4 Å². The van der Waals surface area contributed by atoms with Crippen molar-refractivity contribution >= 4 is 34.8 Å². The summed E-state index contributed by atoms with van der Waals surface area (Å²) in [4.78, 5) is 28.9. The summed E-state index contributed by atoms with van der Waals surface area (Å²) in [6.45, 7) is 1.73. The van der Waals surface area contributed by atoms with Gasteiger partial charge in [-0.15, -0.1) is 11.3 Å². The highest BCUT2D eigenvalue weighted by Crippen LogP contribution is 2.32. The Morgan fingerprint density at radius 2 is 2.35 bits per heavy atom. The predicted octanol–water partition coefficient (Wildman–Crippen LogP) is 2.53. The fraction of sp³-hybridized carbons (Fsp3) is 0.182. The summed E-state index contributed by atoms with van der Waals surface area (Å²) in [5.41, 5.74) is 1.11. The molecule has 0 aliphatic carbocycles. The van der Waals surface area contributed by atoms with Gasteiger partial charge in [-0.2, -0.15) is 0 Å². The number of rotatable bonds is 5. The second-order valence-corrected chi connectivity index (χ2v) is 5.94. The number of aryl methyl sites for hydroxylation is 1. The van der Waals surface area contributed by atoms with Crippen LogP contribution in [0.2, 0.25) is 0 Å². The van der Waals surface area contributed by atoms with Gasteiger partial charge in [-0.05, 0) is 24.2 Å². The van der Waals surface area contributed by atoms with Crippen LogP contribution in [-0.4, -0.2) is 26.0 Å². The van der Waals surface area contributed by atoms with Gasteiger partial charge in [-0.1, -0.05) is 0 Å². The van der Waals surface area contributed by atoms with E-state index in [-0.39, 0.29) is 12.1 Å². The molecule has 20 heavy (non-hydrogen) atoms. The van der Waals surface area contributed by atoms with Gasteiger partial charge in [-0.3, -0.25) is 14.9 Å². The molecule has 0 bridgehead atoms. The van der Waals surface area contributed by atoms with Crippen LogP contribution in [0.25, 0.3) is 0 Å². The molecule has 0 aromatic carbocycles. The number of pyridine rings is 1. The minimum absolute atomic E-state index is 0.0578.